The number of alkyl halides is 6. The molecule has 3 N–H and O–H groups in total. The maximum absolute atomic E-state index is 13.3. The van der Waals surface area contributed by atoms with Crippen molar-refractivity contribution in [2.24, 2.45) is 5.14 Å². The highest BCUT2D eigenvalue weighted by atomic mass is 32.2. The Kier molecular flexibility index (Phi) is 10.5. The van der Waals surface area contributed by atoms with E-state index in [4.69, 9.17) is 9.88 Å². The van der Waals surface area contributed by atoms with E-state index in [1.807, 2.05) is 6.92 Å². The van der Waals surface area contributed by atoms with E-state index in [1.54, 1.807) is 17.2 Å². The zero-order valence-electron chi connectivity index (χ0n) is 20.0. The number of hydrogen-bond donors (Lipinski definition) is 2. The average Bonchev–Trinajstić information content (AvgIpc) is 2.79. The molecule has 202 valence electrons. The maximum Gasteiger partial charge on any atom is 0.416 e. The van der Waals surface area contributed by atoms with Crippen LogP contribution in [-0.4, -0.2) is 45.9 Å². The minimum absolute atomic E-state index is 0.00601. The van der Waals surface area contributed by atoms with Gasteiger partial charge in [0, 0.05) is 25.1 Å². The van der Waals surface area contributed by atoms with Crippen LogP contribution in [0.1, 0.15) is 51.5 Å². The first kappa shape index (κ1) is 29.8. The lowest BCUT2D eigenvalue weighted by Crippen LogP contribution is -2.34. The lowest BCUT2D eigenvalue weighted by molar-refractivity contribution is -0.138. The summed E-state index contributed by atoms with van der Waals surface area (Å²) in [5, 5.41) is 16.9. The Morgan fingerprint density at radius 3 is 2.44 bits per heavy atom. The molecule has 2 unspecified atom stereocenters. The Balaban J connectivity index is 2.64. The minimum Gasteiger partial charge on any atom is -0.478 e. The third-order valence-corrected chi connectivity index (χ3v) is 7.12. The summed E-state index contributed by atoms with van der Waals surface area (Å²) in [6, 6.07) is 4.22. The molecular weight excluding hydrogens is 510 g/mol. The number of nitrogens with zero attached hydrogens (tertiary/aromatic N) is 1. The van der Waals surface area contributed by atoms with Gasteiger partial charge in [-0.3, -0.25) is 5.14 Å². The van der Waals surface area contributed by atoms with Crippen LogP contribution in [0.5, 0.6) is 5.75 Å². The van der Waals surface area contributed by atoms with Gasteiger partial charge in [-0.2, -0.15) is 26.3 Å². The van der Waals surface area contributed by atoms with Crippen molar-refractivity contribution in [3.05, 3.63) is 52.9 Å². The number of carbonyl (C=O) groups is 1. The summed E-state index contributed by atoms with van der Waals surface area (Å²) in [5.74, 6) is -1.20. The van der Waals surface area contributed by atoms with Crippen LogP contribution in [0.2, 0.25) is 0 Å². The predicted molar refractivity (Wildman–Crippen MR) is 129 cm³/mol. The Bertz CT molecular complexity index is 1020. The minimum atomic E-state index is -4.61. The molecule has 0 aliphatic heterocycles. The molecule has 0 heterocycles. The quantitative estimate of drug-likeness (QED) is 0.248. The van der Waals surface area contributed by atoms with Crippen molar-refractivity contribution in [1.29, 1.82) is 0 Å². The summed E-state index contributed by atoms with van der Waals surface area (Å²) >= 11 is 0. The van der Waals surface area contributed by atoms with Gasteiger partial charge >= 0.3 is 18.3 Å². The van der Waals surface area contributed by atoms with Gasteiger partial charge in [-0.25, -0.2) is 4.79 Å². The number of carboxylic acid groups (broad SMARTS) is 1. The van der Waals surface area contributed by atoms with Crippen LogP contribution >= 0.6 is 10.7 Å². The number of rotatable bonds is 11. The molecule has 0 fully saturated rings. The third kappa shape index (κ3) is 8.58. The number of ether oxygens (including phenoxy) is 1. The van der Waals surface area contributed by atoms with Crippen molar-refractivity contribution < 1.29 is 41.0 Å². The van der Waals surface area contributed by atoms with Gasteiger partial charge in [-0.1, -0.05) is 19.4 Å². The normalized spacial score (nSPS) is 17.7. The van der Waals surface area contributed by atoms with E-state index < -0.39 is 46.2 Å². The molecule has 0 amide bonds. The first-order valence-corrected chi connectivity index (χ1v) is 12.8. The summed E-state index contributed by atoms with van der Waals surface area (Å²) in [6.07, 6.45) is -7.64. The molecule has 1 aromatic carbocycles. The third-order valence-electron chi connectivity index (χ3n) is 5.54. The number of halogens is 6. The second kappa shape index (κ2) is 12.7. The van der Waals surface area contributed by atoms with E-state index in [9.17, 15) is 36.2 Å². The van der Waals surface area contributed by atoms with Gasteiger partial charge in [0.25, 0.3) is 0 Å². The second-order valence-corrected chi connectivity index (χ2v) is 10.1. The predicted octanol–water partition coefficient (Wildman–Crippen LogP) is 6.49. The Morgan fingerprint density at radius 1 is 1.22 bits per heavy atom. The molecule has 0 radical (unpaired) electrons. The number of aliphatic carboxylic acids is 1. The highest BCUT2D eigenvalue weighted by molar-refractivity contribution is 8.13. The molecule has 36 heavy (non-hydrogen) atoms. The fraction of sp³-hybridized carbons (Fsp3) is 0.500. The number of hydrogen-bond acceptors (Lipinski definition) is 4. The molecule has 1 aliphatic carbocycles. The van der Waals surface area contributed by atoms with Gasteiger partial charge < -0.3 is 14.7 Å². The number of unbranched alkanes of at least 4 members (excludes halogenated alkanes) is 1. The molecule has 1 aliphatic rings. The van der Waals surface area contributed by atoms with Crippen molar-refractivity contribution in [3.63, 3.8) is 0 Å². The molecule has 2 rings (SSSR count). The van der Waals surface area contributed by atoms with E-state index >= 15 is 0 Å². The number of carboxylic acids is 1. The number of allylic oxidation sites excluding steroid dienone is 1. The monoisotopic (exact) mass is 540 g/mol. The fourth-order valence-electron chi connectivity index (χ4n) is 3.69. The lowest BCUT2D eigenvalue weighted by Gasteiger charge is -2.34. The van der Waals surface area contributed by atoms with Crippen LogP contribution in [0.3, 0.4) is 0 Å². The summed E-state index contributed by atoms with van der Waals surface area (Å²) in [5.41, 5.74) is -0.715. The SMILES string of the molecule is C/C=S(\N)C1CC(C(=O)O)=CC(N(CCCC)CCCC(F)(F)F)=C1Oc1cccc(C(F)(F)F)c1. The van der Waals surface area contributed by atoms with Crippen molar-refractivity contribution in [1.82, 2.24) is 4.90 Å². The Labute approximate surface area is 208 Å². The first-order chi connectivity index (χ1) is 16.8. The van der Waals surface area contributed by atoms with Gasteiger partial charge in [0.2, 0.25) is 0 Å². The summed E-state index contributed by atoms with van der Waals surface area (Å²) in [7, 11) is -1.03. The molecule has 0 saturated carbocycles. The molecule has 0 saturated heterocycles. The molecule has 0 bridgehead atoms. The molecular formula is C24H30F6N2O3S. The van der Waals surface area contributed by atoms with Crippen molar-refractivity contribution in [2.75, 3.05) is 13.1 Å². The second-order valence-electron chi connectivity index (χ2n) is 8.25. The molecule has 1 aromatic rings. The number of benzene rings is 1. The van der Waals surface area contributed by atoms with Gasteiger partial charge in [-0.05, 0) is 55.8 Å². The molecule has 5 nitrogen and oxygen atoms in total. The summed E-state index contributed by atoms with van der Waals surface area (Å²) in [4.78, 5) is 13.5. The average molecular weight is 541 g/mol. The maximum atomic E-state index is 13.3. The summed E-state index contributed by atoms with van der Waals surface area (Å²) < 4.78 is 84.2. The lowest BCUT2D eigenvalue weighted by atomic mass is 9.99. The highest BCUT2D eigenvalue weighted by Gasteiger charge is 2.34. The highest BCUT2D eigenvalue weighted by Crippen LogP contribution is 2.38. The largest absolute Gasteiger partial charge is 0.478 e. The van der Waals surface area contributed by atoms with Crippen LogP contribution < -0.4 is 9.88 Å². The van der Waals surface area contributed by atoms with Crippen LogP contribution in [-0.2, 0) is 11.0 Å². The van der Waals surface area contributed by atoms with E-state index in [1.165, 1.54) is 18.2 Å². The van der Waals surface area contributed by atoms with Gasteiger partial charge in [0.05, 0.1) is 16.5 Å². The smallest absolute Gasteiger partial charge is 0.416 e. The summed E-state index contributed by atoms with van der Waals surface area (Å²) in [6.45, 7) is 3.83. The van der Waals surface area contributed by atoms with Crippen molar-refractivity contribution in [2.45, 2.75) is 63.6 Å². The molecule has 0 spiro atoms. The first-order valence-electron chi connectivity index (χ1n) is 11.4. The van der Waals surface area contributed by atoms with Crippen LogP contribution in [0, 0.1) is 0 Å². The Morgan fingerprint density at radius 2 is 1.89 bits per heavy atom. The zero-order chi connectivity index (χ0) is 27.1. The number of nitrogens with two attached hydrogens (primary N) is 1. The Hall–Kier alpha value is -2.47. The van der Waals surface area contributed by atoms with Crippen LogP contribution in [0.4, 0.5) is 26.3 Å². The van der Waals surface area contributed by atoms with E-state index in [2.05, 4.69) is 0 Å². The fourth-order valence-corrected chi connectivity index (χ4v) is 4.80. The van der Waals surface area contributed by atoms with Gasteiger partial charge in [-0.15, -0.1) is 10.7 Å². The molecule has 0 aromatic heterocycles. The molecule has 2 atom stereocenters. The molecule has 12 heteroatoms. The van der Waals surface area contributed by atoms with Crippen molar-refractivity contribution in [3.8, 4) is 5.75 Å². The van der Waals surface area contributed by atoms with E-state index in [0.717, 1.165) is 18.6 Å². The van der Waals surface area contributed by atoms with E-state index in [0.29, 0.717) is 13.0 Å². The van der Waals surface area contributed by atoms with E-state index in [-0.39, 0.29) is 42.2 Å². The van der Waals surface area contributed by atoms with Crippen molar-refractivity contribution >= 4 is 22.0 Å². The van der Waals surface area contributed by atoms with Gasteiger partial charge in [0.1, 0.15) is 11.5 Å². The van der Waals surface area contributed by atoms with Crippen LogP contribution in [0.25, 0.3) is 0 Å². The zero-order valence-corrected chi connectivity index (χ0v) is 20.8. The van der Waals surface area contributed by atoms with Crippen LogP contribution in [0.15, 0.2) is 47.4 Å². The van der Waals surface area contributed by atoms with Gasteiger partial charge in [0.15, 0.2) is 0 Å². The standard InChI is InChI=1S/C24H30F6N2O3S/c1-3-5-11-32(12-7-10-23(25,26)27)19-13-16(22(33)34)14-20(36(31)4-2)21(19)35-18-9-6-8-17(15-18)24(28,29)30/h4,6,8-9,13,15,20H,3,5,7,10-12,14,31H2,1-2H3,(H,33,34). The topological polar surface area (TPSA) is 75.8 Å².